The number of fused-ring (bicyclic) bond motifs is 6. The molecule has 1 aliphatic rings. The lowest BCUT2D eigenvalue weighted by molar-refractivity contribution is 1.76. The van der Waals surface area contributed by atoms with Crippen molar-refractivity contribution < 1.29 is 0 Å². The Hall–Kier alpha value is -3.90. The molecule has 0 saturated heterocycles. The van der Waals surface area contributed by atoms with Crippen molar-refractivity contribution in [2.24, 2.45) is 0 Å². The van der Waals surface area contributed by atoms with Crippen molar-refractivity contribution in [2.75, 3.05) is 0 Å². The van der Waals surface area contributed by atoms with Crippen molar-refractivity contribution in [3.8, 4) is 22.3 Å². The lowest BCUT2D eigenvalue weighted by atomic mass is 9.85. The molecule has 1 aliphatic carbocycles. The van der Waals surface area contributed by atoms with E-state index < -0.39 is 0 Å². The summed E-state index contributed by atoms with van der Waals surface area (Å²) in [6.07, 6.45) is 0. The van der Waals surface area contributed by atoms with Gasteiger partial charge in [0.25, 0.3) is 0 Å². The van der Waals surface area contributed by atoms with E-state index in [0.29, 0.717) is 0 Å². The Balaban J connectivity index is 1.78. The molecule has 0 unspecified atom stereocenters. The van der Waals surface area contributed by atoms with E-state index in [1.165, 1.54) is 76.1 Å². The SMILES string of the molecule is c1cc2c3c(cccc3c1)-c1c-2cc2cccc3c4cccc5cccc(c1c23)c54. The monoisotopic (exact) mass is 376 g/mol. The van der Waals surface area contributed by atoms with E-state index in [1.807, 2.05) is 0 Å². The molecule has 7 aromatic carbocycles. The highest BCUT2D eigenvalue weighted by molar-refractivity contribution is 6.38. The Kier molecular flexibility index (Phi) is 2.49. The Morgan fingerprint density at radius 1 is 0.333 bits per heavy atom. The summed E-state index contributed by atoms with van der Waals surface area (Å²) in [5, 5.41) is 13.6. The van der Waals surface area contributed by atoms with Gasteiger partial charge in [0.05, 0.1) is 0 Å². The average molecular weight is 376 g/mol. The van der Waals surface area contributed by atoms with Crippen LogP contribution in [0.25, 0.3) is 76.1 Å². The molecular formula is C30H16. The fourth-order valence-corrected chi connectivity index (χ4v) is 5.99. The zero-order chi connectivity index (χ0) is 19.4. The highest BCUT2D eigenvalue weighted by Crippen LogP contribution is 2.54. The first kappa shape index (κ1) is 15.0. The molecule has 0 atom stereocenters. The topological polar surface area (TPSA) is 0 Å². The van der Waals surface area contributed by atoms with Gasteiger partial charge < -0.3 is 0 Å². The normalized spacial score (nSPS) is 12.7. The Labute approximate surface area is 173 Å². The molecule has 7 aromatic rings. The van der Waals surface area contributed by atoms with Gasteiger partial charge >= 0.3 is 0 Å². The molecule has 0 nitrogen and oxygen atoms in total. The molecule has 0 amide bonds. The standard InChI is InChI=1S/C30H16/c1-6-17-9-4-15-24-26(17)20(11-1)21-12-5-10-19-16-25-22-13-2-7-18-8-3-14-23(27(18)22)29(25)30(24)28(19)21/h1-16H. The quantitative estimate of drug-likeness (QED) is 0.184. The first-order chi connectivity index (χ1) is 14.9. The zero-order valence-corrected chi connectivity index (χ0v) is 16.2. The Morgan fingerprint density at radius 3 is 1.67 bits per heavy atom. The third-order valence-electron chi connectivity index (χ3n) is 7.09. The largest absolute Gasteiger partial charge is 0.0610 e. The molecule has 0 N–H and O–H groups in total. The van der Waals surface area contributed by atoms with Crippen LogP contribution in [0.15, 0.2) is 97.1 Å². The summed E-state index contributed by atoms with van der Waals surface area (Å²) in [4.78, 5) is 0. The van der Waals surface area contributed by atoms with Gasteiger partial charge in [-0.1, -0.05) is 91.0 Å². The van der Waals surface area contributed by atoms with Crippen molar-refractivity contribution in [3.05, 3.63) is 97.1 Å². The fourth-order valence-electron chi connectivity index (χ4n) is 5.99. The molecule has 0 bridgehead atoms. The van der Waals surface area contributed by atoms with Crippen LogP contribution in [0.4, 0.5) is 0 Å². The molecule has 0 saturated carbocycles. The lowest BCUT2D eigenvalue weighted by Crippen LogP contribution is -1.90. The van der Waals surface area contributed by atoms with Crippen LogP contribution in [0.5, 0.6) is 0 Å². The average Bonchev–Trinajstić information content (AvgIpc) is 3.12. The van der Waals surface area contributed by atoms with Gasteiger partial charge in [-0.25, -0.2) is 0 Å². The van der Waals surface area contributed by atoms with E-state index in [9.17, 15) is 0 Å². The van der Waals surface area contributed by atoms with Crippen LogP contribution < -0.4 is 0 Å². The van der Waals surface area contributed by atoms with Crippen LogP contribution >= 0.6 is 0 Å². The van der Waals surface area contributed by atoms with Gasteiger partial charge in [0, 0.05) is 0 Å². The molecule has 0 heterocycles. The van der Waals surface area contributed by atoms with E-state index in [0.717, 1.165) is 0 Å². The van der Waals surface area contributed by atoms with Crippen molar-refractivity contribution in [3.63, 3.8) is 0 Å². The van der Waals surface area contributed by atoms with E-state index in [2.05, 4.69) is 97.1 Å². The molecule has 0 radical (unpaired) electrons. The third kappa shape index (κ3) is 1.58. The first-order valence-corrected chi connectivity index (χ1v) is 10.5. The number of hydrogen-bond donors (Lipinski definition) is 0. The summed E-state index contributed by atoms with van der Waals surface area (Å²) in [5.41, 5.74) is 5.52. The summed E-state index contributed by atoms with van der Waals surface area (Å²) in [7, 11) is 0. The van der Waals surface area contributed by atoms with Crippen LogP contribution in [-0.2, 0) is 0 Å². The van der Waals surface area contributed by atoms with Crippen LogP contribution in [0.3, 0.4) is 0 Å². The third-order valence-corrected chi connectivity index (χ3v) is 7.09. The van der Waals surface area contributed by atoms with Crippen LogP contribution in [-0.4, -0.2) is 0 Å². The maximum absolute atomic E-state index is 2.42. The first-order valence-electron chi connectivity index (χ1n) is 10.5. The van der Waals surface area contributed by atoms with E-state index in [-0.39, 0.29) is 0 Å². The number of hydrogen-bond acceptors (Lipinski definition) is 0. The van der Waals surface area contributed by atoms with Gasteiger partial charge in [-0.2, -0.15) is 0 Å². The minimum Gasteiger partial charge on any atom is -0.0610 e. The lowest BCUT2D eigenvalue weighted by Gasteiger charge is -2.18. The molecule has 0 aliphatic heterocycles. The smallest absolute Gasteiger partial charge is 0.000763 e. The van der Waals surface area contributed by atoms with Gasteiger partial charge in [0.2, 0.25) is 0 Å². The zero-order valence-electron chi connectivity index (χ0n) is 16.2. The summed E-state index contributed by atoms with van der Waals surface area (Å²) < 4.78 is 0. The molecule has 0 spiro atoms. The summed E-state index contributed by atoms with van der Waals surface area (Å²) >= 11 is 0. The predicted molar refractivity (Wildman–Crippen MR) is 130 cm³/mol. The Morgan fingerprint density at radius 2 is 0.900 bits per heavy atom. The van der Waals surface area contributed by atoms with Gasteiger partial charge in [-0.15, -0.1) is 0 Å². The maximum atomic E-state index is 2.42. The van der Waals surface area contributed by atoms with Gasteiger partial charge in [-0.05, 0) is 82.2 Å². The van der Waals surface area contributed by atoms with Gasteiger partial charge in [0.15, 0.2) is 0 Å². The second kappa shape index (κ2) is 4.98. The van der Waals surface area contributed by atoms with E-state index in [4.69, 9.17) is 0 Å². The minimum atomic E-state index is 1.32. The van der Waals surface area contributed by atoms with Crippen LogP contribution in [0.2, 0.25) is 0 Å². The highest BCUT2D eigenvalue weighted by Gasteiger charge is 2.26. The molecule has 0 fully saturated rings. The Bertz CT molecular complexity index is 1820. The predicted octanol–water partition coefficient (Wildman–Crippen LogP) is 8.54. The van der Waals surface area contributed by atoms with Crippen molar-refractivity contribution in [1.82, 2.24) is 0 Å². The highest BCUT2D eigenvalue weighted by atomic mass is 14.3. The molecular weight excluding hydrogens is 360 g/mol. The van der Waals surface area contributed by atoms with Crippen LogP contribution in [0.1, 0.15) is 0 Å². The minimum absolute atomic E-state index is 1.32. The maximum Gasteiger partial charge on any atom is -0.000763 e. The van der Waals surface area contributed by atoms with Crippen molar-refractivity contribution in [2.45, 2.75) is 0 Å². The van der Waals surface area contributed by atoms with Crippen molar-refractivity contribution >= 4 is 53.9 Å². The molecule has 30 heavy (non-hydrogen) atoms. The summed E-state index contributed by atoms with van der Waals surface area (Å²) in [5.74, 6) is 0. The fraction of sp³-hybridized carbons (Fsp3) is 0. The second-order valence-electron chi connectivity index (χ2n) is 8.50. The molecule has 136 valence electrons. The number of rotatable bonds is 0. The van der Waals surface area contributed by atoms with Crippen molar-refractivity contribution in [1.29, 1.82) is 0 Å². The van der Waals surface area contributed by atoms with E-state index >= 15 is 0 Å². The molecule has 0 heteroatoms. The van der Waals surface area contributed by atoms with E-state index in [1.54, 1.807) is 0 Å². The van der Waals surface area contributed by atoms with Gasteiger partial charge in [0.1, 0.15) is 0 Å². The molecule has 8 rings (SSSR count). The second-order valence-corrected chi connectivity index (χ2v) is 8.50. The number of benzene rings is 7. The summed E-state index contributed by atoms with van der Waals surface area (Å²) in [6, 6.07) is 36.2. The van der Waals surface area contributed by atoms with Crippen LogP contribution in [0, 0.1) is 0 Å². The molecule has 0 aromatic heterocycles. The summed E-state index contributed by atoms with van der Waals surface area (Å²) in [6.45, 7) is 0. The van der Waals surface area contributed by atoms with Gasteiger partial charge in [-0.3, -0.25) is 0 Å².